The molecule has 0 fully saturated rings. The molecule has 7 nitrogen and oxygen atoms in total. The van der Waals surface area contributed by atoms with Gasteiger partial charge in [0.05, 0.1) is 11.0 Å². The van der Waals surface area contributed by atoms with Gasteiger partial charge in [0.25, 0.3) is 0 Å². The largest absolute Gasteiger partial charge is 0.390 e. The van der Waals surface area contributed by atoms with E-state index in [4.69, 9.17) is 11.1 Å². The molecule has 0 saturated heterocycles. The van der Waals surface area contributed by atoms with Crippen LogP contribution in [0.4, 0.5) is 5.69 Å². The number of aliphatic hydroxyl groups is 1. The van der Waals surface area contributed by atoms with Gasteiger partial charge < -0.3 is 16.2 Å². The van der Waals surface area contributed by atoms with E-state index >= 15 is 0 Å². The van der Waals surface area contributed by atoms with Crippen molar-refractivity contribution in [3.05, 3.63) is 72.3 Å². The summed E-state index contributed by atoms with van der Waals surface area (Å²) >= 11 is 0. The second-order valence-corrected chi connectivity index (χ2v) is 8.80. The zero-order chi connectivity index (χ0) is 21.0. The van der Waals surface area contributed by atoms with Crippen LogP contribution in [0.15, 0.2) is 71.6 Å². The van der Waals surface area contributed by atoms with E-state index in [1.807, 2.05) is 18.2 Å². The summed E-state index contributed by atoms with van der Waals surface area (Å²) in [6.07, 6.45) is -0.905. The number of sulfonamides is 1. The molecule has 152 valence electrons. The van der Waals surface area contributed by atoms with Crippen molar-refractivity contribution >= 4 is 32.3 Å². The van der Waals surface area contributed by atoms with Gasteiger partial charge in [-0.2, -0.15) is 4.31 Å². The molecule has 0 aliphatic heterocycles. The fraction of sp³-hybridized carbons (Fsp3) is 0.190. The number of hydrogen-bond donors (Lipinski definition) is 4. The highest BCUT2D eigenvalue weighted by Crippen LogP contribution is 2.25. The Morgan fingerprint density at radius 3 is 2.45 bits per heavy atom. The van der Waals surface area contributed by atoms with Gasteiger partial charge in [-0.05, 0) is 35.7 Å². The van der Waals surface area contributed by atoms with Crippen molar-refractivity contribution in [3.8, 4) is 0 Å². The van der Waals surface area contributed by atoms with Crippen molar-refractivity contribution in [2.24, 2.45) is 5.73 Å². The van der Waals surface area contributed by atoms with Crippen LogP contribution in [0.3, 0.4) is 0 Å². The number of aliphatic hydroxyl groups excluding tert-OH is 1. The van der Waals surface area contributed by atoms with Gasteiger partial charge in [-0.3, -0.25) is 5.41 Å². The zero-order valence-corrected chi connectivity index (χ0v) is 16.9. The molecule has 0 bridgehead atoms. The molecule has 0 aromatic heterocycles. The summed E-state index contributed by atoms with van der Waals surface area (Å²) in [5.41, 5.74) is 6.78. The van der Waals surface area contributed by atoms with E-state index < -0.39 is 16.1 Å². The molecule has 0 amide bonds. The first-order valence-corrected chi connectivity index (χ1v) is 10.5. The molecule has 5 N–H and O–H groups in total. The predicted octanol–water partition coefficient (Wildman–Crippen LogP) is 2.22. The lowest BCUT2D eigenvalue weighted by Gasteiger charge is -2.22. The topological polar surface area (TPSA) is 120 Å². The quantitative estimate of drug-likeness (QED) is 0.334. The molecular weight excluding hydrogens is 388 g/mol. The van der Waals surface area contributed by atoms with E-state index in [1.54, 1.807) is 48.5 Å². The lowest BCUT2D eigenvalue weighted by Crippen LogP contribution is -2.37. The number of nitrogens with zero attached hydrogens (tertiary/aromatic N) is 1. The van der Waals surface area contributed by atoms with Crippen molar-refractivity contribution in [1.82, 2.24) is 4.31 Å². The van der Waals surface area contributed by atoms with Gasteiger partial charge in [-0.25, -0.2) is 8.42 Å². The number of anilines is 1. The lowest BCUT2D eigenvalue weighted by molar-refractivity contribution is 0.164. The number of hydrogen-bond acceptors (Lipinski definition) is 5. The van der Waals surface area contributed by atoms with Crippen molar-refractivity contribution < 1.29 is 13.5 Å². The van der Waals surface area contributed by atoms with Gasteiger partial charge in [0, 0.05) is 36.8 Å². The van der Waals surface area contributed by atoms with Crippen molar-refractivity contribution in [3.63, 3.8) is 0 Å². The van der Waals surface area contributed by atoms with Gasteiger partial charge in [-0.1, -0.05) is 36.4 Å². The molecule has 3 aromatic carbocycles. The molecule has 0 saturated carbocycles. The van der Waals surface area contributed by atoms with Crippen LogP contribution in [0, 0.1) is 5.41 Å². The standard InChI is InChI=1S/C21H24N4O3S/c1-25(14-18(26)13-24-17-11-9-16(10-12-17)21(22)23)29(27,28)20-8-4-6-15-5-2-3-7-19(15)20/h2-12,18,24,26H,13-14H2,1H3,(H3,22,23). The maximum absolute atomic E-state index is 13.0. The summed E-state index contributed by atoms with van der Waals surface area (Å²) in [5.74, 6) is -0.0168. The summed E-state index contributed by atoms with van der Waals surface area (Å²) in [4.78, 5) is 0.220. The van der Waals surface area contributed by atoms with Gasteiger partial charge in [-0.15, -0.1) is 0 Å². The van der Waals surface area contributed by atoms with Gasteiger partial charge in [0.2, 0.25) is 10.0 Å². The molecule has 0 heterocycles. The van der Waals surface area contributed by atoms with E-state index in [9.17, 15) is 13.5 Å². The molecule has 8 heteroatoms. The highest BCUT2D eigenvalue weighted by atomic mass is 32.2. The third-order valence-corrected chi connectivity index (χ3v) is 6.52. The van der Waals surface area contributed by atoms with E-state index in [1.165, 1.54) is 11.4 Å². The highest BCUT2D eigenvalue weighted by Gasteiger charge is 2.24. The summed E-state index contributed by atoms with van der Waals surface area (Å²) in [6.45, 7) is 0.124. The molecular formula is C21H24N4O3S. The van der Waals surface area contributed by atoms with Crippen LogP contribution in [0.1, 0.15) is 5.56 Å². The third-order valence-electron chi connectivity index (χ3n) is 4.64. The minimum absolute atomic E-state index is 0.0168. The smallest absolute Gasteiger partial charge is 0.243 e. The molecule has 3 rings (SSSR count). The van der Waals surface area contributed by atoms with E-state index in [2.05, 4.69) is 5.32 Å². The minimum Gasteiger partial charge on any atom is -0.390 e. The average Bonchev–Trinajstić information content (AvgIpc) is 2.72. The summed E-state index contributed by atoms with van der Waals surface area (Å²) < 4.78 is 27.2. The molecule has 3 aromatic rings. The predicted molar refractivity (Wildman–Crippen MR) is 116 cm³/mol. The fourth-order valence-corrected chi connectivity index (χ4v) is 4.47. The Morgan fingerprint density at radius 1 is 1.10 bits per heavy atom. The lowest BCUT2D eigenvalue weighted by atomic mass is 10.1. The van der Waals surface area contributed by atoms with Crippen LogP contribution < -0.4 is 11.1 Å². The Kier molecular flexibility index (Phi) is 6.17. The Labute approximate surface area is 170 Å². The summed E-state index contributed by atoms with van der Waals surface area (Å²) in [7, 11) is -2.29. The first-order valence-electron chi connectivity index (χ1n) is 9.09. The Bertz CT molecular complexity index is 1110. The average molecular weight is 413 g/mol. The van der Waals surface area contributed by atoms with Crippen LogP contribution in [-0.4, -0.2) is 49.9 Å². The molecule has 0 aliphatic carbocycles. The highest BCUT2D eigenvalue weighted by molar-refractivity contribution is 7.89. The number of rotatable bonds is 8. The molecule has 0 radical (unpaired) electrons. The first-order chi connectivity index (χ1) is 13.8. The third kappa shape index (κ3) is 4.73. The van der Waals surface area contributed by atoms with E-state index in [0.29, 0.717) is 10.9 Å². The Balaban J connectivity index is 1.66. The maximum Gasteiger partial charge on any atom is 0.243 e. The number of nitrogens with two attached hydrogens (primary N) is 1. The number of nitrogen functional groups attached to an aromatic ring is 1. The molecule has 29 heavy (non-hydrogen) atoms. The summed E-state index contributed by atoms with van der Waals surface area (Å²) in [6, 6.07) is 19.4. The summed E-state index contributed by atoms with van der Waals surface area (Å²) in [5, 5.41) is 22.3. The second-order valence-electron chi connectivity index (χ2n) is 6.79. The number of benzene rings is 3. The SMILES string of the molecule is CN(CC(O)CNc1ccc(C(=N)N)cc1)S(=O)(=O)c1cccc2ccccc12. The van der Waals surface area contributed by atoms with Gasteiger partial charge >= 0.3 is 0 Å². The van der Waals surface area contributed by atoms with Crippen molar-refractivity contribution in [2.45, 2.75) is 11.0 Å². The molecule has 1 atom stereocenters. The Hall–Kier alpha value is -2.94. The molecule has 0 aliphatic rings. The molecule has 1 unspecified atom stereocenters. The van der Waals surface area contributed by atoms with Gasteiger partial charge in [0.1, 0.15) is 5.84 Å². The number of nitrogens with one attached hydrogen (secondary N) is 2. The minimum atomic E-state index is -3.75. The Morgan fingerprint density at radius 2 is 1.76 bits per heavy atom. The van der Waals surface area contributed by atoms with Gasteiger partial charge in [0.15, 0.2) is 0 Å². The van der Waals surface area contributed by atoms with Crippen LogP contribution in [-0.2, 0) is 10.0 Å². The van der Waals surface area contributed by atoms with Crippen molar-refractivity contribution in [1.29, 1.82) is 5.41 Å². The van der Waals surface area contributed by atoms with Crippen LogP contribution >= 0.6 is 0 Å². The normalized spacial score (nSPS) is 12.8. The molecule has 0 spiro atoms. The first kappa shape index (κ1) is 20.8. The fourth-order valence-electron chi connectivity index (χ4n) is 3.05. The number of amidine groups is 1. The second kappa shape index (κ2) is 8.60. The van der Waals surface area contributed by atoms with Crippen molar-refractivity contribution in [2.75, 3.05) is 25.5 Å². The van der Waals surface area contributed by atoms with Crippen LogP contribution in [0.2, 0.25) is 0 Å². The van der Waals surface area contributed by atoms with E-state index in [-0.39, 0.29) is 23.8 Å². The van der Waals surface area contributed by atoms with Crippen LogP contribution in [0.5, 0.6) is 0 Å². The maximum atomic E-state index is 13.0. The number of fused-ring (bicyclic) bond motifs is 1. The van der Waals surface area contributed by atoms with E-state index in [0.717, 1.165) is 11.1 Å². The zero-order valence-electron chi connectivity index (χ0n) is 16.0. The van der Waals surface area contributed by atoms with Crippen LogP contribution in [0.25, 0.3) is 10.8 Å². The monoisotopic (exact) mass is 412 g/mol. The number of likely N-dealkylation sites (N-methyl/N-ethyl adjacent to an activating group) is 1.